The van der Waals surface area contributed by atoms with E-state index in [2.05, 4.69) is 20.4 Å². The van der Waals surface area contributed by atoms with Gasteiger partial charge in [0.15, 0.2) is 0 Å². The molecule has 1 aliphatic rings. The van der Waals surface area contributed by atoms with Crippen LogP contribution in [0.4, 0.5) is 0 Å². The van der Waals surface area contributed by atoms with Gasteiger partial charge in [-0.1, -0.05) is 19.1 Å². The molecule has 1 nitrogen and oxygen atoms in total. The second-order valence-electron chi connectivity index (χ2n) is 3.90. The highest BCUT2D eigenvalue weighted by atomic mass is 16.3. The Morgan fingerprint density at radius 3 is 2.55 bits per heavy atom. The van der Waals surface area contributed by atoms with Crippen LogP contribution in [0.15, 0.2) is 12.2 Å². The molecule has 0 bridgehead atoms. The standard InChI is InChI=1S/C10H18O/c1-7(2)9-5-4-8(3)10(11)6-9/h8-11H,1,4-6H2,2-3H3/t8-,9-,10-/m1/s1. The average molecular weight is 154 g/mol. The van der Waals surface area contributed by atoms with Gasteiger partial charge >= 0.3 is 0 Å². The lowest BCUT2D eigenvalue weighted by Gasteiger charge is -2.31. The molecule has 1 saturated carbocycles. The molecule has 0 spiro atoms. The summed E-state index contributed by atoms with van der Waals surface area (Å²) in [6.45, 7) is 8.11. The van der Waals surface area contributed by atoms with Crippen molar-refractivity contribution in [1.82, 2.24) is 0 Å². The van der Waals surface area contributed by atoms with Crippen molar-refractivity contribution in [3.8, 4) is 0 Å². The van der Waals surface area contributed by atoms with Gasteiger partial charge in [-0.15, -0.1) is 0 Å². The van der Waals surface area contributed by atoms with Crippen LogP contribution in [0.5, 0.6) is 0 Å². The van der Waals surface area contributed by atoms with Crippen LogP contribution in [-0.2, 0) is 0 Å². The number of hydrogen-bond donors (Lipinski definition) is 1. The molecule has 0 amide bonds. The first kappa shape index (κ1) is 8.79. The Balaban J connectivity index is 2.46. The van der Waals surface area contributed by atoms with Gasteiger partial charge in [-0.3, -0.25) is 0 Å². The van der Waals surface area contributed by atoms with Gasteiger partial charge < -0.3 is 5.11 Å². The molecule has 0 aromatic rings. The second kappa shape index (κ2) is 3.40. The van der Waals surface area contributed by atoms with E-state index in [0.29, 0.717) is 11.8 Å². The summed E-state index contributed by atoms with van der Waals surface area (Å²) in [6, 6.07) is 0. The SMILES string of the molecule is C=C(C)[C@@H]1CC[C@@H](C)[C@H](O)C1. The van der Waals surface area contributed by atoms with E-state index < -0.39 is 0 Å². The molecule has 0 aromatic heterocycles. The van der Waals surface area contributed by atoms with E-state index in [9.17, 15) is 5.11 Å². The lowest BCUT2D eigenvalue weighted by atomic mass is 9.78. The summed E-state index contributed by atoms with van der Waals surface area (Å²) in [5.74, 6) is 1.06. The van der Waals surface area contributed by atoms with Gasteiger partial charge in [-0.05, 0) is 38.0 Å². The minimum atomic E-state index is -0.0922. The van der Waals surface area contributed by atoms with Crippen molar-refractivity contribution in [3.63, 3.8) is 0 Å². The van der Waals surface area contributed by atoms with Crippen molar-refractivity contribution in [2.24, 2.45) is 11.8 Å². The largest absolute Gasteiger partial charge is 0.393 e. The molecule has 0 aliphatic heterocycles. The Morgan fingerprint density at radius 1 is 1.45 bits per heavy atom. The first-order valence-corrected chi connectivity index (χ1v) is 4.44. The van der Waals surface area contributed by atoms with Gasteiger partial charge in [0.1, 0.15) is 0 Å². The van der Waals surface area contributed by atoms with E-state index in [-0.39, 0.29) is 6.10 Å². The summed E-state index contributed by atoms with van der Waals surface area (Å²) in [5, 5.41) is 9.56. The van der Waals surface area contributed by atoms with Crippen LogP contribution in [0.2, 0.25) is 0 Å². The zero-order chi connectivity index (χ0) is 8.43. The summed E-state index contributed by atoms with van der Waals surface area (Å²) in [4.78, 5) is 0. The zero-order valence-corrected chi connectivity index (χ0v) is 7.51. The summed E-state index contributed by atoms with van der Waals surface area (Å²) >= 11 is 0. The lowest BCUT2D eigenvalue weighted by Crippen LogP contribution is -2.27. The molecule has 1 aliphatic carbocycles. The topological polar surface area (TPSA) is 20.2 Å². The van der Waals surface area contributed by atoms with Crippen molar-refractivity contribution < 1.29 is 5.11 Å². The number of hydrogen-bond acceptors (Lipinski definition) is 1. The molecule has 3 atom stereocenters. The van der Waals surface area contributed by atoms with Crippen LogP contribution in [0, 0.1) is 11.8 Å². The number of rotatable bonds is 1. The monoisotopic (exact) mass is 154 g/mol. The highest BCUT2D eigenvalue weighted by Gasteiger charge is 2.25. The average Bonchev–Trinajstić information content (AvgIpc) is 1.94. The van der Waals surface area contributed by atoms with Crippen LogP contribution in [0.3, 0.4) is 0 Å². The van der Waals surface area contributed by atoms with Crippen molar-refractivity contribution >= 4 is 0 Å². The maximum Gasteiger partial charge on any atom is 0.0571 e. The van der Waals surface area contributed by atoms with Crippen LogP contribution >= 0.6 is 0 Å². The fraction of sp³-hybridized carbons (Fsp3) is 0.800. The molecule has 1 N–H and O–H groups in total. The van der Waals surface area contributed by atoms with Gasteiger partial charge in [0.2, 0.25) is 0 Å². The molecule has 0 radical (unpaired) electrons. The summed E-state index contributed by atoms with van der Waals surface area (Å²) < 4.78 is 0. The first-order chi connectivity index (χ1) is 5.11. The molecule has 1 fully saturated rings. The van der Waals surface area contributed by atoms with E-state index in [0.717, 1.165) is 12.8 Å². The third-order valence-corrected chi connectivity index (χ3v) is 2.85. The van der Waals surface area contributed by atoms with E-state index in [4.69, 9.17) is 0 Å². The molecule has 0 heterocycles. The minimum Gasteiger partial charge on any atom is -0.393 e. The molecule has 0 aromatic carbocycles. The Bertz CT molecular complexity index is 151. The highest BCUT2D eigenvalue weighted by Crippen LogP contribution is 2.32. The van der Waals surface area contributed by atoms with Gasteiger partial charge in [0, 0.05) is 0 Å². The third kappa shape index (κ3) is 2.06. The smallest absolute Gasteiger partial charge is 0.0571 e. The van der Waals surface area contributed by atoms with Crippen LogP contribution in [0.25, 0.3) is 0 Å². The van der Waals surface area contributed by atoms with Crippen molar-refractivity contribution in [1.29, 1.82) is 0 Å². The van der Waals surface area contributed by atoms with Crippen LogP contribution in [-0.4, -0.2) is 11.2 Å². The van der Waals surface area contributed by atoms with Gasteiger partial charge in [0.05, 0.1) is 6.10 Å². The van der Waals surface area contributed by atoms with Gasteiger partial charge in [-0.2, -0.15) is 0 Å². The minimum absolute atomic E-state index is 0.0922. The Hall–Kier alpha value is -0.300. The quantitative estimate of drug-likeness (QED) is 0.575. The van der Waals surface area contributed by atoms with Gasteiger partial charge in [0.25, 0.3) is 0 Å². The van der Waals surface area contributed by atoms with Crippen LogP contribution < -0.4 is 0 Å². The summed E-state index contributed by atoms with van der Waals surface area (Å²) in [7, 11) is 0. The summed E-state index contributed by atoms with van der Waals surface area (Å²) in [5.41, 5.74) is 1.23. The highest BCUT2D eigenvalue weighted by molar-refractivity contribution is 4.99. The molecule has 0 saturated heterocycles. The normalized spacial score (nSPS) is 38.6. The molecule has 0 unspecified atom stereocenters. The van der Waals surface area contributed by atoms with Crippen molar-refractivity contribution in [2.75, 3.05) is 0 Å². The number of allylic oxidation sites excluding steroid dienone is 1. The Labute approximate surface area is 69.1 Å². The van der Waals surface area contributed by atoms with E-state index in [1.165, 1.54) is 12.0 Å². The number of aliphatic hydroxyl groups excluding tert-OH is 1. The molecule has 1 heteroatoms. The van der Waals surface area contributed by atoms with Crippen LogP contribution in [0.1, 0.15) is 33.1 Å². The molecule has 11 heavy (non-hydrogen) atoms. The molecular formula is C10H18O. The maximum absolute atomic E-state index is 9.56. The molecular weight excluding hydrogens is 136 g/mol. The van der Waals surface area contributed by atoms with Gasteiger partial charge in [-0.25, -0.2) is 0 Å². The van der Waals surface area contributed by atoms with Crippen molar-refractivity contribution in [2.45, 2.75) is 39.2 Å². The predicted molar refractivity (Wildman–Crippen MR) is 47.3 cm³/mol. The van der Waals surface area contributed by atoms with E-state index in [1.807, 2.05) is 0 Å². The Morgan fingerprint density at radius 2 is 2.09 bits per heavy atom. The summed E-state index contributed by atoms with van der Waals surface area (Å²) in [6.07, 6.45) is 3.20. The number of aliphatic hydroxyl groups is 1. The zero-order valence-electron chi connectivity index (χ0n) is 7.51. The van der Waals surface area contributed by atoms with E-state index >= 15 is 0 Å². The predicted octanol–water partition coefficient (Wildman–Crippen LogP) is 2.36. The maximum atomic E-state index is 9.56. The lowest BCUT2D eigenvalue weighted by molar-refractivity contribution is 0.0614. The first-order valence-electron chi connectivity index (χ1n) is 4.44. The van der Waals surface area contributed by atoms with E-state index in [1.54, 1.807) is 0 Å². The fourth-order valence-corrected chi connectivity index (χ4v) is 1.75. The third-order valence-electron chi connectivity index (χ3n) is 2.85. The molecule has 64 valence electrons. The molecule has 1 rings (SSSR count). The second-order valence-corrected chi connectivity index (χ2v) is 3.90. The Kier molecular flexibility index (Phi) is 2.72. The fourth-order valence-electron chi connectivity index (χ4n) is 1.75. The van der Waals surface area contributed by atoms with Crippen molar-refractivity contribution in [3.05, 3.63) is 12.2 Å².